The van der Waals surface area contributed by atoms with E-state index in [-0.39, 0.29) is 0 Å². The van der Waals surface area contributed by atoms with Gasteiger partial charge in [0.15, 0.2) is 0 Å². The van der Waals surface area contributed by atoms with Crippen molar-refractivity contribution in [2.75, 3.05) is 0 Å². The van der Waals surface area contributed by atoms with Crippen molar-refractivity contribution in [3.8, 4) is 17.5 Å². The highest BCUT2D eigenvalue weighted by Gasteiger charge is 2.14. The molecule has 0 aliphatic carbocycles. The van der Waals surface area contributed by atoms with E-state index in [0.29, 0.717) is 5.56 Å². The van der Waals surface area contributed by atoms with Crippen LogP contribution in [0.2, 0.25) is 0 Å². The zero-order valence-corrected chi connectivity index (χ0v) is 10.8. The predicted octanol–water partition coefficient (Wildman–Crippen LogP) is 3.27. The van der Waals surface area contributed by atoms with Gasteiger partial charge in [0.2, 0.25) is 0 Å². The Labute approximate surface area is 110 Å². The number of aryl methyl sites for hydroxylation is 2. The molecule has 4 nitrogen and oxygen atoms in total. The molecule has 0 unspecified atom stereocenters. The highest BCUT2D eigenvalue weighted by atomic mass is 16.3. The van der Waals surface area contributed by atoms with Crippen LogP contribution in [0.5, 0.6) is 0 Å². The Hall–Kier alpha value is -2.54. The third-order valence-corrected chi connectivity index (χ3v) is 3.32. The first-order valence-corrected chi connectivity index (χ1v) is 6.18. The first-order valence-electron chi connectivity index (χ1n) is 6.18. The molecule has 94 valence electrons. The number of benzene rings is 1. The van der Waals surface area contributed by atoms with Gasteiger partial charge in [-0.2, -0.15) is 5.26 Å². The van der Waals surface area contributed by atoms with Gasteiger partial charge in [0.25, 0.3) is 0 Å². The lowest BCUT2D eigenvalue weighted by atomic mass is 10.2. The van der Waals surface area contributed by atoms with Crippen LogP contribution < -0.4 is 0 Å². The summed E-state index contributed by atoms with van der Waals surface area (Å²) in [5.74, 6) is 1.80. The smallest absolute Gasteiger partial charge is 0.144 e. The topological polar surface area (TPSA) is 54.8 Å². The fourth-order valence-corrected chi connectivity index (χ4v) is 2.32. The third-order valence-electron chi connectivity index (χ3n) is 3.32. The quantitative estimate of drug-likeness (QED) is 0.702. The molecule has 1 aromatic carbocycles. The summed E-state index contributed by atoms with van der Waals surface area (Å²) in [6, 6.07) is 9.62. The number of furan rings is 1. The first-order chi connectivity index (χ1) is 9.24. The lowest BCUT2D eigenvalue weighted by Gasteiger charge is -2.01. The highest BCUT2D eigenvalue weighted by Crippen LogP contribution is 2.28. The summed E-state index contributed by atoms with van der Waals surface area (Å²) in [7, 11) is 1.98. The summed E-state index contributed by atoms with van der Waals surface area (Å²) >= 11 is 0. The SMILES string of the molecule is CCc1occc1-c1nc2cc(C#N)ccc2n1C. The van der Waals surface area contributed by atoms with Gasteiger partial charge in [-0.25, -0.2) is 4.98 Å². The van der Waals surface area contributed by atoms with E-state index in [1.165, 1.54) is 0 Å². The number of imidazole rings is 1. The minimum absolute atomic E-state index is 0.625. The van der Waals surface area contributed by atoms with E-state index in [1.54, 1.807) is 6.26 Å². The maximum absolute atomic E-state index is 8.94. The van der Waals surface area contributed by atoms with Crippen molar-refractivity contribution in [3.63, 3.8) is 0 Å². The number of hydrogen-bond donors (Lipinski definition) is 0. The summed E-state index contributed by atoms with van der Waals surface area (Å²) in [5, 5.41) is 8.94. The number of rotatable bonds is 2. The second-order valence-corrected chi connectivity index (χ2v) is 4.42. The van der Waals surface area contributed by atoms with Crippen molar-refractivity contribution in [1.29, 1.82) is 5.26 Å². The molecular formula is C15H13N3O. The van der Waals surface area contributed by atoms with Crippen molar-refractivity contribution in [2.45, 2.75) is 13.3 Å². The monoisotopic (exact) mass is 251 g/mol. The summed E-state index contributed by atoms with van der Waals surface area (Å²) in [5.41, 5.74) is 3.48. The second kappa shape index (κ2) is 4.29. The van der Waals surface area contributed by atoms with E-state index in [0.717, 1.165) is 34.6 Å². The predicted molar refractivity (Wildman–Crippen MR) is 72.5 cm³/mol. The molecule has 4 heteroatoms. The molecule has 0 N–H and O–H groups in total. The van der Waals surface area contributed by atoms with E-state index in [9.17, 15) is 0 Å². The average Bonchev–Trinajstić information content (AvgIpc) is 3.02. The van der Waals surface area contributed by atoms with Crippen LogP contribution in [0.15, 0.2) is 34.9 Å². The van der Waals surface area contributed by atoms with Crippen LogP contribution in [-0.2, 0) is 13.5 Å². The van der Waals surface area contributed by atoms with E-state index in [2.05, 4.69) is 18.0 Å². The summed E-state index contributed by atoms with van der Waals surface area (Å²) in [4.78, 5) is 4.62. The molecule has 0 radical (unpaired) electrons. The lowest BCUT2D eigenvalue weighted by Crippen LogP contribution is -1.93. The van der Waals surface area contributed by atoms with Crippen LogP contribution in [0.4, 0.5) is 0 Å². The Bertz CT molecular complexity index is 789. The number of hydrogen-bond acceptors (Lipinski definition) is 3. The third kappa shape index (κ3) is 1.71. The van der Waals surface area contributed by atoms with Gasteiger partial charge in [-0.15, -0.1) is 0 Å². The van der Waals surface area contributed by atoms with Crippen molar-refractivity contribution in [2.24, 2.45) is 7.05 Å². The van der Waals surface area contributed by atoms with E-state index >= 15 is 0 Å². The summed E-state index contributed by atoms with van der Waals surface area (Å²) in [6.07, 6.45) is 2.52. The molecule has 0 aliphatic rings. The maximum Gasteiger partial charge on any atom is 0.144 e. The molecule has 0 fully saturated rings. The van der Waals surface area contributed by atoms with Crippen LogP contribution >= 0.6 is 0 Å². The zero-order valence-electron chi connectivity index (χ0n) is 10.8. The molecule has 0 saturated carbocycles. The number of nitriles is 1. The molecule has 0 bridgehead atoms. The zero-order chi connectivity index (χ0) is 13.4. The molecule has 3 rings (SSSR count). The molecule has 0 saturated heterocycles. The molecule has 0 atom stereocenters. The van der Waals surface area contributed by atoms with Gasteiger partial charge >= 0.3 is 0 Å². The molecule has 3 aromatic rings. The lowest BCUT2D eigenvalue weighted by molar-refractivity contribution is 0.517. The van der Waals surface area contributed by atoms with Crippen LogP contribution in [0.1, 0.15) is 18.2 Å². The second-order valence-electron chi connectivity index (χ2n) is 4.42. The first kappa shape index (κ1) is 11.5. The fraction of sp³-hybridized carbons (Fsp3) is 0.200. The van der Waals surface area contributed by atoms with Crippen molar-refractivity contribution in [3.05, 3.63) is 41.9 Å². The van der Waals surface area contributed by atoms with E-state index < -0.39 is 0 Å². The van der Waals surface area contributed by atoms with Gasteiger partial charge in [-0.3, -0.25) is 0 Å². The van der Waals surface area contributed by atoms with Crippen molar-refractivity contribution >= 4 is 11.0 Å². The highest BCUT2D eigenvalue weighted by molar-refractivity contribution is 5.82. The van der Waals surface area contributed by atoms with Crippen LogP contribution in [0.3, 0.4) is 0 Å². The number of aromatic nitrogens is 2. The minimum atomic E-state index is 0.625. The van der Waals surface area contributed by atoms with Gasteiger partial charge < -0.3 is 8.98 Å². The van der Waals surface area contributed by atoms with E-state index in [4.69, 9.17) is 9.68 Å². The number of fused-ring (bicyclic) bond motifs is 1. The van der Waals surface area contributed by atoms with Gasteiger partial charge in [0.05, 0.1) is 34.5 Å². The Kier molecular flexibility index (Phi) is 2.60. The van der Waals surface area contributed by atoms with E-state index in [1.807, 2.05) is 35.9 Å². The molecular weight excluding hydrogens is 238 g/mol. The van der Waals surface area contributed by atoms with Crippen molar-refractivity contribution < 1.29 is 4.42 Å². The molecule has 0 amide bonds. The fourth-order valence-electron chi connectivity index (χ4n) is 2.32. The summed E-state index contributed by atoms with van der Waals surface area (Å²) in [6.45, 7) is 2.05. The largest absolute Gasteiger partial charge is 0.469 e. The Morgan fingerprint density at radius 3 is 2.95 bits per heavy atom. The van der Waals surface area contributed by atoms with Crippen LogP contribution in [0.25, 0.3) is 22.4 Å². The number of nitrogens with zero attached hydrogens (tertiary/aromatic N) is 3. The van der Waals surface area contributed by atoms with Crippen LogP contribution in [0, 0.1) is 11.3 Å². The average molecular weight is 251 g/mol. The molecule has 19 heavy (non-hydrogen) atoms. The normalized spacial score (nSPS) is 10.8. The standard InChI is InChI=1S/C15H13N3O/c1-3-14-11(6-7-19-14)15-17-12-8-10(9-16)4-5-13(12)18(15)2/h4-8H,3H2,1-2H3. The molecule has 0 aliphatic heterocycles. The van der Waals surface area contributed by atoms with Crippen molar-refractivity contribution in [1.82, 2.24) is 9.55 Å². The van der Waals surface area contributed by atoms with Gasteiger partial charge in [0.1, 0.15) is 11.6 Å². The Morgan fingerprint density at radius 2 is 2.21 bits per heavy atom. The maximum atomic E-state index is 8.94. The Balaban J connectivity index is 2.26. The summed E-state index contributed by atoms with van der Waals surface area (Å²) < 4.78 is 7.49. The minimum Gasteiger partial charge on any atom is -0.469 e. The van der Waals surface area contributed by atoms with Gasteiger partial charge in [-0.1, -0.05) is 6.92 Å². The van der Waals surface area contributed by atoms with Gasteiger partial charge in [0, 0.05) is 13.5 Å². The Morgan fingerprint density at radius 1 is 1.37 bits per heavy atom. The van der Waals surface area contributed by atoms with Crippen LogP contribution in [-0.4, -0.2) is 9.55 Å². The molecule has 2 aromatic heterocycles. The molecule has 0 spiro atoms. The molecule has 2 heterocycles. The van der Waals surface area contributed by atoms with Gasteiger partial charge in [-0.05, 0) is 24.3 Å².